The molecular formula is C13H22N2O4S. The molecule has 1 aromatic heterocycles. The monoisotopic (exact) mass is 302 g/mol. The molecule has 1 aromatic rings. The van der Waals surface area contributed by atoms with E-state index in [1.165, 1.54) is 10.4 Å². The maximum absolute atomic E-state index is 12.7. The molecule has 2 heterocycles. The molecule has 0 spiro atoms. The molecule has 0 aromatic carbocycles. The number of furan rings is 1. The van der Waals surface area contributed by atoms with Crippen LogP contribution in [0, 0.1) is 12.8 Å². The summed E-state index contributed by atoms with van der Waals surface area (Å²) in [6.45, 7) is 4.79. The van der Waals surface area contributed by atoms with Crippen molar-refractivity contribution < 1.29 is 17.6 Å². The molecule has 1 saturated heterocycles. The highest BCUT2D eigenvalue weighted by Gasteiger charge is 2.35. The maximum atomic E-state index is 12.7. The highest BCUT2D eigenvalue weighted by atomic mass is 32.2. The lowest BCUT2D eigenvalue weighted by molar-refractivity contribution is 0.0183. The molecule has 0 amide bonds. The van der Waals surface area contributed by atoms with Crippen molar-refractivity contribution in [1.82, 2.24) is 4.31 Å². The molecule has 2 unspecified atom stereocenters. The zero-order chi connectivity index (χ0) is 14.9. The van der Waals surface area contributed by atoms with E-state index in [0.29, 0.717) is 30.5 Å². The largest absolute Gasteiger partial charge is 0.464 e. The predicted octanol–water partition coefficient (Wildman–Crippen LogP) is 1.09. The minimum Gasteiger partial charge on any atom is -0.464 e. The highest BCUT2D eigenvalue weighted by Crippen LogP contribution is 2.28. The molecule has 1 fully saturated rings. The summed E-state index contributed by atoms with van der Waals surface area (Å²) < 4.78 is 37.5. The van der Waals surface area contributed by atoms with Gasteiger partial charge in [0.2, 0.25) is 10.0 Å². The van der Waals surface area contributed by atoms with Gasteiger partial charge < -0.3 is 14.9 Å². The first-order valence-electron chi connectivity index (χ1n) is 6.72. The maximum Gasteiger partial charge on any atom is 0.246 e. The summed E-state index contributed by atoms with van der Waals surface area (Å²) in [5.74, 6) is 1.23. The summed E-state index contributed by atoms with van der Waals surface area (Å²) in [7, 11) is -1.93. The smallest absolute Gasteiger partial charge is 0.246 e. The Bertz CT molecular complexity index is 567. The number of hydrogen-bond donors (Lipinski definition) is 1. The van der Waals surface area contributed by atoms with Gasteiger partial charge in [0.25, 0.3) is 0 Å². The van der Waals surface area contributed by atoms with Crippen molar-refractivity contribution >= 4 is 10.0 Å². The van der Waals surface area contributed by atoms with Gasteiger partial charge in [-0.3, -0.25) is 0 Å². The lowest BCUT2D eigenvalue weighted by atomic mass is 9.97. The van der Waals surface area contributed by atoms with Crippen LogP contribution in [0.3, 0.4) is 0 Å². The van der Waals surface area contributed by atoms with Crippen LogP contribution >= 0.6 is 0 Å². The van der Waals surface area contributed by atoms with E-state index in [1.807, 2.05) is 0 Å². The molecular weight excluding hydrogens is 280 g/mol. The number of piperidine rings is 1. The molecule has 7 heteroatoms. The zero-order valence-corrected chi connectivity index (χ0v) is 12.9. The molecule has 0 saturated carbocycles. The summed E-state index contributed by atoms with van der Waals surface area (Å²) in [6.07, 6.45) is 0.720. The quantitative estimate of drug-likeness (QED) is 0.900. The van der Waals surface area contributed by atoms with Crippen LogP contribution in [-0.4, -0.2) is 39.0 Å². The lowest BCUT2D eigenvalue weighted by Crippen LogP contribution is -2.46. The number of methoxy groups -OCH3 is 1. The summed E-state index contributed by atoms with van der Waals surface area (Å²) in [4.78, 5) is 0.211. The van der Waals surface area contributed by atoms with Crippen LogP contribution in [0.15, 0.2) is 15.4 Å². The van der Waals surface area contributed by atoms with Crippen molar-refractivity contribution in [3.05, 3.63) is 17.6 Å². The van der Waals surface area contributed by atoms with Gasteiger partial charge in [-0.05, 0) is 19.3 Å². The molecule has 20 heavy (non-hydrogen) atoms. The Balaban J connectivity index is 2.28. The number of ether oxygens (including phenoxy) is 1. The van der Waals surface area contributed by atoms with Crippen LogP contribution in [0.25, 0.3) is 0 Å². The Labute approximate surface area is 119 Å². The van der Waals surface area contributed by atoms with E-state index >= 15 is 0 Å². The van der Waals surface area contributed by atoms with Crippen LogP contribution in [-0.2, 0) is 21.3 Å². The molecule has 0 radical (unpaired) electrons. The fourth-order valence-corrected chi connectivity index (χ4v) is 4.20. The Hall–Kier alpha value is -0.890. The van der Waals surface area contributed by atoms with Gasteiger partial charge in [0, 0.05) is 26.3 Å². The van der Waals surface area contributed by atoms with Crippen LogP contribution in [0.5, 0.6) is 0 Å². The molecule has 2 N–H and O–H groups in total. The van der Waals surface area contributed by atoms with E-state index in [9.17, 15) is 8.42 Å². The van der Waals surface area contributed by atoms with E-state index in [-0.39, 0.29) is 17.5 Å². The Kier molecular flexibility index (Phi) is 4.53. The summed E-state index contributed by atoms with van der Waals surface area (Å²) in [5, 5.41) is 0. The Morgan fingerprint density at radius 3 is 2.80 bits per heavy atom. The molecule has 114 valence electrons. The van der Waals surface area contributed by atoms with Gasteiger partial charge in [0.05, 0.1) is 12.6 Å². The first-order chi connectivity index (χ1) is 9.40. The number of nitrogens with zero attached hydrogens (tertiary/aromatic N) is 1. The second kappa shape index (κ2) is 5.85. The fourth-order valence-electron chi connectivity index (χ4n) is 2.55. The van der Waals surface area contributed by atoms with Crippen molar-refractivity contribution in [1.29, 1.82) is 0 Å². The first-order valence-corrected chi connectivity index (χ1v) is 8.16. The van der Waals surface area contributed by atoms with Gasteiger partial charge in [-0.15, -0.1) is 0 Å². The number of nitrogens with two attached hydrogens (primary N) is 1. The van der Waals surface area contributed by atoms with Gasteiger partial charge in [-0.1, -0.05) is 6.92 Å². The molecule has 6 nitrogen and oxygen atoms in total. The van der Waals surface area contributed by atoms with Crippen molar-refractivity contribution in [2.24, 2.45) is 11.7 Å². The molecule has 2 atom stereocenters. The van der Waals surface area contributed by atoms with Crippen LogP contribution in [0.1, 0.15) is 24.9 Å². The Morgan fingerprint density at radius 1 is 1.55 bits per heavy atom. The number of sulfonamides is 1. The third-order valence-electron chi connectivity index (χ3n) is 3.90. The van der Waals surface area contributed by atoms with Crippen molar-refractivity contribution in [2.45, 2.75) is 37.8 Å². The first kappa shape index (κ1) is 15.5. The molecule has 1 aliphatic heterocycles. The molecule has 2 rings (SSSR count). The van der Waals surface area contributed by atoms with Gasteiger partial charge >= 0.3 is 0 Å². The number of aryl methyl sites for hydroxylation is 1. The molecule has 0 aliphatic carbocycles. The Morgan fingerprint density at radius 2 is 2.25 bits per heavy atom. The van der Waals surface area contributed by atoms with Crippen LogP contribution < -0.4 is 5.73 Å². The minimum absolute atomic E-state index is 0.0697. The third kappa shape index (κ3) is 2.76. The van der Waals surface area contributed by atoms with Crippen molar-refractivity contribution in [2.75, 3.05) is 20.2 Å². The zero-order valence-electron chi connectivity index (χ0n) is 12.1. The van der Waals surface area contributed by atoms with Gasteiger partial charge in [-0.25, -0.2) is 8.42 Å². The van der Waals surface area contributed by atoms with Gasteiger partial charge in [0.1, 0.15) is 16.4 Å². The normalized spacial score (nSPS) is 25.0. The number of hydrogen-bond acceptors (Lipinski definition) is 5. The second-order valence-corrected chi connectivity index (χ2v) is 7.15. The average Bonchev–Trinajstić information content (AvgIpc) is 2.81. The predicted molar refractivity (Wildman–Crippen MR) is 74.7 cm³/mol. The number of rotatable bonds is 4. The van der Waals surface area contributed by atoms with E-state index in [4.69, 9.17) is 14.9 Å². The van der Waals surface area contributed by atoms with Crippen LogP contribution in [0.2, 0.25) is 0 Å². The summed E-state index contributed by atoms with van der Waals surface area (Å²) in [5.41, 5.74) is 5.49. The molecule has 1 aliphatic rings. The lowest BCUT2D eigenvalue weighted by Gasteiger charge is -2.35. The average molecular weight is 302 g/mol. The SMILES string of the molecule is COC1CN(S(=O)(=O)c2cc(CN)oc2C)CCC1C. The summed E-state index contributed by atoms with van der Waals surface area (Å²) in [6, 6.07) is 1.52. The van der Waals surface area contributed by atoms with Gasteiger partial charge in [0.15, 0.2) is 0 Å². The third-order valence-corrected chi connectivity index (χ3v) is 5.87. The molecule has 0 bridgehead atoms. The topological polar surface area (TPSA) is 85.8 Å². The fraction of sp³-hybridized carbons (Fsp3) is 0.692. The van der Waals surface area contributed by atoms with E-state index in [0.717, 1.165) is 6.42 Å². The standard InChI is InChI=1S/C13H22N2O4S/c1-9-4-5-15(8-12(9)18-3)20(16,17)13-6-11(7-14)19-10(13)2/h6,9,12H,4-5,7-8,14H2,1-3H3. The second-order valence-electron chi connectivity index (χ2n) is 5.24. The summed E-state index contributed by atoms with van der Waals surface area (Å²) >= 11 is 0. The van der Waals surface area contributed by atoms with Crippen LogP contribution in [0.4, 0.5) is 0 Å². The highest BCUT2D eigenvalue weighted by molar-refractivity contribution is 7.89. The van der Waals surface area contributed by atoms with E-state index < -0.39 is 10.0 Å². The van der Waals surface area contributed by atoms with Crippen molar-refractivity contribution in [3.63, 3.8) is 0 Å². The minimum atomic E-state index is -3.54. The van der Waals surface area contributed by atoms with Crippen molar-refractivity contribution in [3.8, 4) is 0 Å². The van der Waals surface area contributed by atoms with Gasteiger partial charge in [-0.2, -0.15) is 4.31 Å². The van der Waals surface area contributed by atoms with E-state index in [2.05, 4.69) is 6.92 Å². The van der Waals surface area contributed by atoms with E-state index in [1.54, 1.807) is 14.0 Å².